The van der Waals surface area contributed by atoms with E-state index in [4.69, 9.17) is 11.0 Å². The summed E-state index contributed by atoms with van der Waals surface area (Å²) in [4.78, 5) is 12.1. The predicted octanol–water partition coefficient (Wildman–Crippen LogP) is 1.76. The van der Waals surface area contributed by atoms with Crippen molar-refractivity contribution in [3.63, 3.8) is 0 Å². The number of hydrogen-bond acceptors (Lipinski definition) is 4. The molecule has 0 aliphatic carbocycles. The summed E-state index contributed by atoms with van der Waals surface area (Å²) in [6, 6.07) is 7.35. The number of amides is 1. The first-order valence-corrected chi connectivity index (χ1v) is 6.23. The average molecular weight is 300 g/mol. The van der Waals surface area contributed by atoms with Crippen LogP contribution in [-0.2, 0) is 4.79 Å². The first kappa shape index (κ1) is 12.9. The summed E-state index contributed by atoms with van der Waals surface area (Å²) < 4.78 is 0.906. The highest BCUT2D eigenvalue weighted by atomic mass is 79.9. The molecule has 1 aromatic rings. The Kier molecular flexibility index (Phi) is 5.15. The molecule has 0 heterocycles. The van der Waals surface area contributed by atoms with Crippen molar-refractivity contribution < 1.29 is 4.79 Å². The predicted molar refractivity (Wildman–Crippen MR) is 67.9 cm³/mol. The van der Waals surface area contributed by atoms with Crippen LogP contribution in [-0.4, -0.2) is 18.2 Å². The van der Waals surface area contributed by atoms with Gasteiger partial charge in [0.25, 0.3) is 0 Å². The quantitative estimate of drug-likeness (QED) is 0.504. The van der Waals surface area contributed by atoms with Gasteiger partial charge < -0.3 is 11.1 Å². The van der Waals surface area contributed by atoms with E-state index in [1.807, 2.05) is 18.2 Å². The summed E-state index contributed by atoms with van der Waals surface area (Å²) in [5.74, 6) is 0.0851. The molecule has 0 aromatic heterocycles. The second-order valence-electron chi connectivity index (χ2n) is 2.91. The van der Waals surface area contributed by atoms with E-state index in [2.05, 4.69) is 21.2 Å². The molecular weight excluding hydrogens is 290 g/mol. The number of carbonyl (C=O) groups excluding carboxylic acids is 1. The zero-order valence-electron chi connectivity index (χ0n) is 8.37. The molecule has 3 N–H and O–H groups in total. The molecule has 0 saturated heterocycles. The normalized spacial score (nSPS) is 9.50. The SMILES string of the molecule is N#CCNC(=O)CSc1ccc(Br)cc1N. The Morgan fingerprint density at radius 3 is 3.00 bits per heavy atom. The number of thioether (sulfide) groups is 1. The van der Waals surface area contributed by atoms with Gasteiger partial charge in [0, 0.05) is 15.1 Å². The number of halogens is 1. The third kappa shape index (κ3) is 4.13. The number of nitriles is 1. The van der Waals surface area contributed by atoms with Crippen molar-refractivity contribution >= 4 is 39.3 Å². The number of benzene rings is 1. The molecular formula is C10H10BrN3OS. The van der Waals surface area contributed by atoms with Crippen LogP contribution in [0.5, 0.6) is 0 Å². The molecule has 0 radical (unpaired) electrons. The van der Waals surface area contributed by atoms with E-state index in [9.17, 15) is 4.79 Å². The van der Waals surface area contributed by atoms with Crippen molar-refractivity contribution in [1.82, 2.24) is 5.32 Å². The van der Waals surface area contributed by atoms with E-state index in [-0.39, 0.29) is 18.2 Å². The van der Waals surface area contributed by atoms with Crippen molar-refractivity contribution in [2.75, 3.05) is 18.0 Å². The van der Waals surface area contributed by atoms with Gasteiger partial charge in [-0.25, -0.2) is 0 Å². The molecule has 0 spiro atoms. The van der Waals surface area contributed by atoms with Crippen LogP contribution in [0.2, 0.25) is 0 Å². The highest BCUT2D eigenvalue weighted by Crippen LogP contribution is 2.27. The maximum Gasteiger partial charge on any atom is 0.231 e. The Balaban J connectivity index is 2.49. The fourth-order valence-electron chi connectivity index (χ4n) is 0.983. The number of anilines is 1. The van der Waals surface area contributed by atoms with Gasteiger partial charge in [0.2, 0.25) is 5.91 Å². The van der Waals surface area contributed by atoms with Crippen LogP contribution < -0.4 is 11.1 Å². The topological polar surface area (TPSA) is 78.9 Å². The summed E-state index contributed by atoms with van der Waals surface area (Å²) in [5.41, 5.74) is 6.40. The summed E-state index contributed by atoms with van der Waals surface area (Å²) in [6.45, 7) is 0.0369. The van der Waals surface area contributed by atoms with Gasteiger partial charge in [0.05, 0.1) is 11.8 Å². The molecule has 1 amide bonds. The van der Waals surface area contributed by atoms with Crippen LogP contribution in [0.1, 0.15) is 0 Å². The van der Waals surface area contributed by atoms with E-state index >= 15 is 0 Å². The monoisotopic (exact) mass is 299 g/mol. The lowest BCUT2D eigenvalue weighted by Gasteiger charge is -2.05. The second-order valence-corrected chi connectivity index (χ2v) is 4.84. The first-order valence-electron chi connectivity index (χ1n) is 4.45. The Morgan fingerprint density at radius 1 is 1.62 bits per heavy atom. The number of nitrogens with one attached hydrogen (secondary N) is 1. The van der Waals surface area contributed by atoms with Gasteiger partial charge in [0.15, 0.2) is 0 Å². The fraction of sp³-hybridized carbons (Fsp3) is 0.200. The molecule has 84 valence electrons. The summed E-state index contributed by atoms with van der Waals surface area (Å²) in [6.07, 6.45) is 0. The standard InChI is InChI=1S/C10H10BrN3OS/c11-7-1-2-9(8(13)5-7)16-6-10(15)14-4-3-12/h1-2,5H,4,6,13H2,(H,14,15). The van der Waals surface area contributed by atoms with E-state index in [1.165, 1.54) is 11.8 Å². The van der Waals surface area contributed by atoms with Crippen LogP contribution in [0.3, 0.4) is 0 Å². The minimum atomic E-state index is -0.172. The summed E-state index contributed by atoms with van der Waals surface area (Å²) in [5, 5.41) is 10.7. The molecule has 0 fully saturated rings. The molecule has 1 rings (SSSR count). The van der Waals surface area contributed by atoms with Gasteiger partial charge in [-0.05, 0) is 18.2 Å². The fourth-order valence-corrected chi connectivity index (χ4v) is 2.14. The molecule has 6 heteroatoms. The largest absolute Gasteiger partial charge is 0.398 e. The Bertz CT molecular complexity index is 431. The third-order valence-electron chi connectivity index (χ3n) is 1.70. The minimum absolute atomic E-state index is 0.0369. The third-order valence-corrected chi connectivity index (χ3v) is 3.28. The van der Waals surface area contributed by atoms with Gasteiger partial charge in [-0.3, -0.25) is 4.79 Å². The zero-order chi connectivity index (χ0) is 12.0. The minimum Gasteiger partial charge on any atom is -0.398 e. The highest BCUT2D eigenvalue weighted by molar-refractivity contribution is 9.10. The van der Waals surface area contributed by atoms with Gasteiger partial charge in [-0.1, -0.05) is 15.9 Å². The van der Waals surface area contributed by atoms with Gasteiger partial charge in [-0.15, -0.1) is 11.8 Å². The zero-order valence-corrected chi connectivity index (χ0v) is 10.8. The van der Waals surface area contributed by atoms with Crippen LogP contribution in [0.4, 0.5) is 5.69 Å². The maximum atomic E-state index is 11.2. The summed E-state index contributed by atoms with van der Waals surface area (Å²) >= 11 is 4.65. The van der Waals surface area contributed by atoms with Crippen molar-refractivity contribution in [3.05, 3.63) is 22.7 Å². The second kappa shape index (κ2) is 6.40. The van der Waals surface area contributed by atoms with Gasteiger partial charge in [-0.2, -0.15) is 5.26 Å². The highest BCUT2D eigenvalue weighted by Gasteiger charge is 2.04. The average Bonchev–Trinajstić information content (AvgIpc) is 2.25. The van der Waals surface area contributed by atoms with Crippen LogP contribution in [0, 0.1) is 11.3 Å². The lowest BCUT2D eigenvalue weighted by molar-refractivity contribution is -0.118. The van der Waals surface area contributed by atoms with Crippen LogP contribution in [0.15, 0.2) is 27.6 Å². The molecule has 0 aliphatic heterocycles. The summed E-state index contributed by atoms with van der Waals surface area (Å²) in [7, 11) is 0. The molecule has 0 atom stereocenters. The van der Waals surface area contributed by atoms with Crippen molar-refractivity contribution in [3.8, 4) is 6.07 Å². The number of carbonyl (C=O) groups is 1. The number of nitrogens with zero attached hydrogens (tertiary/aromatic N) is 1. The Labute approximate surface area is 106 Å². The van der Waals surface area contributed by atoms with Gasteiger partial charge in [0.1, 0.15) is 6.54 Å². The number of hydrogen-bond donors (Lipinski definition) is 2. The molecule has 1 aromatic carbocycles. The van der Waals surface area contributed by atoms with Gasteiger partial charge >= 0.3 is 0 Å². The molecule has 0 saturated carbocycles. The molecule has 4 nitrogen and oxygen atoms in total. The lowest BCUT2D eigenvalue weighted by atomic mass is 10.3. The van der Waals surface area contributed by atoms with Crippen LogP contribution >= 0.6 is 27.7 Å². The smallest absolute Gasteiger partial charge is 0.231 e. The molecule has 0 bridgehead atoms. The van der Waals surface area contributed by atoms with E-state index in [1.54, 1.807) is 6.07 Å². The van der Waals surface area contributed by atoms with Crippen molar-refractivity contribution in [2.24, 2.45) is 0 Å². The Morgan fingerprint density at radius 2 is 2.38 bits per heavy atom. The number of nitrogens with two attached hydrogens (primary N) is 1. The maximum absolute atomic E-state index is 11.2. The van der Waals surface area contributed by atoms with Crippen LogP contribution in [0.25, 0.3) is 0 Å². The number of nitrogen functional groups attached to an aromatic ring is 1. The van der Waals surface area contributed by atoms with Crippen molar-refractivity contribution in [2.45, 2.75) is 4.90 Å². The first-order chi connectivity index (χ1) is 7.63. The molecule has 0 aliphatic rings. The van der Waals surface area contributed by atoms with E-state index in [0.29, 0.717) is 5.69 Å². The lowest BCUT2D eigenvalue weighted by Crippen LogP contribution is -2.25. The Hall–Kier alpha value is -1.19. The number of rotatable bonds is 4. The molecule has 16 heavy (non-hydrogen) atoms. The molecule has 0 unspecified atom stereocenters. The van der Waals surface area contributed by atoms with E-state index < -0.39 is 0 Å². The van der Waals surface area contributed by atoms with Crippen molar-refractivity contribution in [1.29, 1.82) is 5.26 Å². The van der Waals surface area contributed by atoms with E-state index in [0.717, 1.165) is 9.37 Å².